The molecule has 5 atom stereocenters. The fourth-order valence-corrected chi connectivity index (χ4v) is 10.6. The van der Waals surface area contributed by atoms with Crippen LogP contribution in [0, 0.1) is 19.8 Å². The quantitative estimate of drug-likeness (QED) is 0.125. The highest BCUT2D eigenvalue weighted by Gasteiger charge is 2.62. The topological polar surface area (TPSA) is 195 Å². The molecule has 0 unspecified atom stereocenters. The average molecular weight is 882 g/mol. The predicted molar refractivity (Wildman–Crippen MR) is 235 cm³/mol. The molecule has 5 aromatic rings. The molecular formula is C45H51N7O8S2. The first-order chi connectivity index (χ1) is 29.8. The molecule has 9 rings (SSSR count). The Balaban J connectivity index is 1.07. The third-order valence-electron chi connectivity index (χ3n) is 12.1. The van der Waals surface area contributed by atoms with Gasteiger partial charge in [-0.2, -0.15) is 4.98 Å². The van der Waals surface area contributed by atoms with Crippen LogP contribution in [0.4, 0.5) is 5.13 Å². The lowest BCUT2D eigenvalue weighted by molar-refractivity contribution is -0.140. The Morgan fingerprint density at radius 3 is 2.55 bits per heavy atom. The first-order valence-electron chi connectivity index (χ1n) is 21.5. The van der Waals surface area contributed by atoms with Crippen LogP contribution in [0.2, 0.25) is 0 Å². The minimum atomic E-state index is -3.90. The van der Waals surface area contributed by atoms with Crippen molar-refractivity contribution in [3.8, 4) is 23.0 Å². The largest absolute Gasteiger partial charge is 0.491 e. The van der Waals surface area contributed by atoms with Crippen molar-refractivity contribution in [2.45, 2.75) is 121 Å². The number of carbonyl (C=O) groups excluding carboxylic acids is 3. The van der Waals surface area contributed by atoms with Gasteiger partial charge in [-0.3, -0.25) is 19.1 Å². The summed E-state index contributed by atoms with van der Waals surface area (Å²) in [4.78, 5) is 60.6. The minimum Gasteiger partial charge on any atom is -0.491 e. The number of fused-ring (bicyclic) bond motifs is 5. The number of ether oxygens (including phenoxy) is 2. The summed E-state index contributed by atoms with van der Waals surface area (Å²) >= 11 is 1.47. The Morgan fingerprint density at radius 2 is 1.81 bits per heavy atom. The van der Waals surface area contributed by atoms with Gasteiger partial charge in [-0.05, 0) is 103 Å². The van der Waals surface area contributed by atoms with Crippen LogP contribution in [0.25, 0.3) is 33.5 Å². The molecule has 17 heteroatoms. The Hall–Kier alpha value is -5.55. The number of allylic oxidation sites excluding steroid dienone is 1. The molecule has 15 nitrogen and oxygen atoms in total. The van der Waals surface area contributed by atoms with E-state index in [1.54, 1.807) is 0 Å². The number of nitrogens with one attached hydrogen (secondary N) is 3. The van der Waals surface area contributed by atoms with E-state index in [0.717, 1.165) is 41.6 Å². The molecule has 62 heavy (non-hydrogen) atoms. The molecule has 0 radical (unpaired) electrons. The number of aromatic nitrogens is 3. The first kappa shape index (κ1) is 41.8. The minimum absolute atomic E-state index is 0.000796. The number of benzene rings is 2. The van der Waals surface area contributed by atoms with Crippen LogP contribution < -0.4 is 24.8 Å². The maximum atomic E-state index is 14.9. The SMILES string of the molecule is Cc1nc(N[C@H]2CCCCCC=C[C@@H]3C[C@@]3(C(=O)NS(=O)(=O)C3CC3)NC(=O)[C@@H]3C[C@@H](Oc4nc(-c5ccc(OC(C)C)cc5)nc5c4oc4ccccc45)CN3C2=O)sc1C. The number of rotatable bonds is 10. The van der Waals surface area contributed by atoms with Crippen molar-refractivity contribution >= 4 is 66.3 Å². The molecule has 3 amide bonds. The van der Waals surface area contributed by atoms with Gasteiger partial charge in [0.1, 0.15) is 40.6 Å². The maximum absolute atomic E-state index is 14.9. The van der Waals surface area contributed by atoms with E-state index in [1.165, 1.54) is 16.2 Å². The zero-order valence-corrected chi connectivity index (χ0v) is 36.8. The molecule has 0 spiro atoms. The molecule has 3 aromatic heterocycles. The Morgan fingerprint density at radius 1 is 1.02 bits per heavy atom. The highest BCUT2D eigenvalue weighted by Crippen LogP contribution is 2.46. The van der Waals surface area contributed by atoms with E-state index < -0.39 is 56.7 Å². The van der Waals surface area contributed by atoms with Gasteiger partial charge in [-0.1, -0.05) is 37.1 Å². The van der Waals surface area contributed by atoms with Crippen LogP contribution in [-0.2, 0) is 24.4 Å². The van der Waals surface area contributed by atoms with Crippen LogP contribution in [0.5, 0.6) is 11.6 Å². The molecule has 2 aliphatic heterocycles. The number of hydrogen-bond acceptors (Lipinski definition) is 13. The highest BCUT2D eigenvalue weighted by atomic mass is 32.2. The number of aryl methyl sites for hydroxylation is 2. The lowest BCUT2D eigenvalue weighted by Gasteiger charge is -2.29. The van der Waals surface area contributed by atoms with Crippen molar-refractivity contribution < 1.29 is 36.7 Å². The Labute approximate surface area is 364 Å². The maximum Gasteiger partial charge on any atom is 0.262 e. The van der Waals surface area contributed by atoms with E-state index in [0.29, 0.717) is 58.2 Å². The van der Waals surface area contributed by atoms with E-state index in [9.17, 15) is 22.8 Å². The second-order valence-electron chi connectivity index (χ2n) is 17.2. The van der Waals surface area contributed by atoms with Gasteiger partial charge < -0.3 is 29.4 Å². The second-order valence-corrected chi connectivity index (χ2v) is 20.3. The second kappa shape index (κ2) is 16.6. The van der Waals surface area contributed by atoms with Gasteiger partial charge in [0.2, 0.25) is 27.4 Å². The summed E-state index contributed by atoms with van der Waals surface area (Å²) in [6.07, 6.45) is 8.11. The molecule has 2 saturated carbocycles. The van der Waals surface area contributed by atoms with Crippen molar-refractivity contribution in [3.63, 3.8) is 0 Å². The van der Waals surface area contributed by atoms with Crippen molar-refractivity contribution in [2.75, 3.05) is 11.9 Å². The van der Waals surface area contributed by atoms with Gasteiger partial charge >= 0.3 is 0 Å². The van der Waals surface area contributed by atoms with Gasteiger partial charge in [0, 0.05) is 28.2 Å². The molecule has 1 saturated heterocycles. The standard InChI is InChI=1S/C45H51N7O8S2/c1-25(2)58-30-18-16-28(17-19-30)39-48-37-33-13-10-11-15-36(33)60-38(37)41(49-39)59-31-22-35-40(53)50-45(43(55)51-62(56,57)32-20-21-32)23-29(45)12-8-6-5-7-9-14-34(42(54)52(35)24-31)47-44-46-26(3)27(4)61-44/h8,10-13,15-19,25,29,31-32,34-35H,5-7,9,14,20-24H2,1-4H3,(H,46,47)(H,50,53)(H,51,55)/t29-,31-,34+,35+,45-/m1/s1. The summed E-state index contributed by atoms with van der Waals surface area (Å²) in [5.41, 5.74) is 1.56. The lowest BCUT2D eigenvalue weighted by Crippen LogP contribution is -2.57. The molecule has 0 bridgehead atoms. The molecule has 3 N–H and O–H groups in total. The fourth-order valence-electron chi connectivity index (χ4n) is 8.42. The Bertz CT molecular complexity index is 2660. The van der Waals surface area contributed by atoms with Crippen molar-refractivity contribution in [1.82, 2.24) is 29.9 Å². The molecular weight excluding hydrogens is 831 g/mol. The third kappa shape index (κ3) is 8.48. The van der Waals surface area contributed by atoms with Gasteiger partial charge in [0.15, 0.2) is 11.0 Å². The summed E-state index contributed by atoms with van der Waals surface area (Å²) in [6, 6.07) is 13.2. The number of nitrogens with zero attached hydrogens (tertiary/aromatic N) is 4. The van der Waals surface area contributed by atoms with Crippen LogP contribution in [0.15, 0.2) is 65.1 Å². The number of carbonyl (C=O) groups is 3. The number of para-hydroxylation sites is 1. The van der Waals surface area contributed by atoms with Gasteiger partial charge in [-0.25, -0.2) is 18.4 Å². The molecule has 2 aromatic carbocycles. The van der Waals surface area contributed by atoms with Crippen LogP contribution in [-0.4, -0.2) is 87.6 Å². The third-order valence-corrected chi connectivity index (χ3v) is 14.9. The van der Waals surface area contributed by atoms with E-state index in [-0.39, 0.29) is 37.3 Å². The lowest BCUT2D eigenvalue weighted by atomic mass is 10.1. The highest BCUT2D eigenvalue weighted by molar-refractivity contribution is 7.91. The number of hydrogen-bond donors (Lipinski definition) is 3. The summed E-state index contributed by atoms with van der Waals surface area (Å²) in [5, 5.41) is 7.12. The summed E-state index contributed by atoms with van der Waals surface area (Å²) in [5.74, 6) is -0.816. The van der Waals surface area contributed by atoms with Crippen LogP contribution in [0.1, 0.15) is 82.2 Å². The zero-order chi connectivity index (χ0) is 43.3. The first-order valence-corrected chi connectivity index (χ1v) is 23.8. The monoisotopic (exact) mass is 881 g/mol. The number of sulfonamides is 1. The van der Waals surface area contributed by atoms with Gasteiger partial charge in [0.05, 0.1) is 23.6 Å². The number of furan rings is 1. The van der Waals surface area contributed by atoms with Crippen LogP contribution in [0.3, 0.4) is 0 Å². The normalized spacial score (nSPS) is 24.6. The van der Waals surface area contributed by atoms with Crippen molar-refractivity contribution in [2.24, 2.45) is 5.92 Å². The molecule has 5 heterocycles. The average Bonchev–Trinajstić information content (AvgIpc) is 4.10. The molecule has 2 aliphatic carbocycles. The van der Waals surface area contributed by atoms with Gasteiger partial charge in [-0.15, -0.1) is 11.3 Å². The van der Waals surface area contributed by atoms with Crippen LogP contribution >= 0.6 is 11.3 Å². The fraction of sp³-hybridized carbons (Fsp3) is 0.467. The Kier molecular flexibility index (Phi) is 11.2. The van der Waals surface area contributed by atoms with E-state index >= 15 is 0 Å². The van der Waals surface area contributed by atoms with E-state index in [2.05, 4.69) is 20.3 Å². The molecule has 3 fully saturated rings. The van der Waals surface area contributed by atoms with Crippen molar-refractivity contribution in [1.29, 1.82) is 0 Å². The summed E-state index contributed by atoms with van der Waals surface area (Å²) < 4.78 is 47.2. The number of thiazole rings is 1. The van der Waals surface area contributed by atoms with Crippen molar-refractivity contribution in [3.05, 3.63) is 71.3 Å². The predicted octanol–water partition coefficient (Wildman–Crippen LogP) is 6.74. The van der Waals surface area contributed by atoms with E-state index in [1.807, 2.05) is 88.4 Å². The molecule has 4 aliphatic rings. The molecule has 326 valence electrons. The summed E-state index contributed by atoms with van der Waals surface area (Å²) in [7, 11) is -3.90. The smallest absolute Gasteiger partial charge is 0.262 e. The summed E-state index contributed by atoms with van der Waals surface area (Å²) in [6.45, 7) is 7.84. The van der Waals surface area contributed by atoms with Gasteiger partial charge in [0.25, 0.3) is 11.8 Å². The van der Waals surface area contributed by atoms with E-state index in [4.69, 9.17) is 23.9 Å². The number of anilines is 1. The number of amides is 3. The zero-order valence-electron chi connectivity index (χ0n) is 35.2.